The summed E-state index contributed by atoms with van der Waals surface area (Å²) in [5.74, 6) is -0.491. The number of hydrogen-bond acceptors (Lipinski definition) is 3. The lowest BCUT2D eigenvalue weighted by Gasteiger charge is -2.39. The summed E-state index contributed by atoms with van der Waals surface area (Å²) in [5.41, 5.74) is 4.00. The normalized spacial score (nSPS) is 14.5. The largest absolute Gasteiger partial charge is 0.416 e. The highest BCUT2D eigenvalue weighted by Crippen LogP contribution is 2.29. The first kappa shape index (κ1) is 36.6. The molecule has 1 aliphatic rings. The molecule has 0 bridgehead atoms. The predicted octanol–water partition coefficient (Wildman–Crippen LogP) is 8.44. The van der Waals surface area contributed by atoms with Gasteiger partial charge in [0.05, 0.1) is 5.56 Å². The Balaban J connectivity index is 1.40. The maximum Gasteiger partial charge on any atom is 0.416 e. The average Bonchev–Trinajstić information content (AvgIpc) is 3.13. The van der Waals surface area contributed by atoms with Crippen LogP contribution < -0.4 is 0 Å². The average molecular weight is 682 g/mol. The van der Waals surface area contributed by atoms with E-state index in [2.05, 4.69) is 36.1 Å². The predicted molar refractivity (Wildman–Crippen MR) is 193 cm³/mol. The molecule has 1 heterocycles. The minimum atomic E-state index is -4.45. The number of piperazine rings is 1. The van der Waals surface area contributed by atoms with Crippen LogP contribution in [0.1, 0.15) is 59.6 Å². The zero-order chi connectivity index (χ0) is 35.3. The molecular formula is C42H46F3N3O2. The van der Waals surface area contributed by atoms with Gasteiger partial charge in [-0.05, 0) is 58.9 Å². The molecule has 0 saturated carbocycles. The van der Waals surface area contributed by atoms with E-state index in [1.54, 1.807) is 4.90 Å². The van der Waals surface area contributed by atoms with Gasteiger partial charge in [-0.1, -0.05) is 117 Å². The maximum atomic E-state index is 14.5. The fourth-order valence-electron chi connectivity index (χ4n) is 6.32. The molecule has 0 N–H and O–H groups in total. The number of carbonyl (C=O) groups is 2. The summed E-state index contributed by atoms with van der Waals surface area (Å²) in [6, 6.07) is 32.1. The topological polar surface area (TPSA) is 43.9 Å². The van der Waals surface area contributed by atoms with E-state index in [1.807, 2.05) is 65.6 Å². The van der Waals surface area contributed by atoms with Gasteiger partial charge in [-0.3, -0.25) is 14.5 Å². The van der Waals surface area contributed by atoms with Crippen LogP contribution in [-0.4, -0.2) is 58.7 Å². The van der Waals surface area contributed by atoms with Crippen molar-refractivity contribution in [2.24, 2.45) is 0 Å². The van der Waals surface area contributed by atoms with Crippen LogP contribution in [0.4, 0.5) is 13.2 Å². The van der Waals surface area contributed by atoms with E-state index in [9.17, 15) is 22.8 Å². The highest BCUT2D eigenvalue weighted by Gasteiger charge is 2.34. The molecular weight excluding hydrogens is 635 g/mol. The monoisotopic (exact) mass is 681 g/mol. The van der Waals surface area contributed by atoms with E-state index >= 15 is 0 Å². The van der Waals surface area contributed by atoms with E-state index in [0.717, 1.165) is 62.2 Å². The molecule has 8 heteroatoms. The minimum Gasteiger partial charge on any atom is -0.338 e. The summed E-state index contributed by atoms with van der Waals surface area (Å²) in [7, 11) is 0. The molecule has 1 unspecified atom stereocenters. The van der Waals surface area contributed by atoms with Gasteiger partial charge in [0.25, 0.3) is 0 Å². The molecule has 5 nitrogen and oxygen atoms in total. The summed E-state index contributed by atoms with van der Waals surface area (Å²) < 4.78 is 39.4. The number of nitrogens with zero attached hydrogens (tertiary/aromatic N) is 3. The smallest absolute Gasteiger partial charge is 0.338 e. The molecule has 262 valence electrons. The van der Waals surface area contributed by atoms with Gasteiger partial charge in [0, 0.05) is 51.8 Å². The molecule has 1 atom stereocenters. The van der Waals surface area contributed by atoms with Crippen molar-refractivity contribution in [1.29, 1.82) is 0 Å². The van der Waals surface area contributed by atoms with Crippen molar-refractivity contribution in [3.63, 3.8) is 0 Å². The van der Waals surface area contributed by atoms with Crippen molar-refractivity contribution in [2.75, 3.05) is 26.2 Å². The number of benzene rings is 4. The Morgan fingerprint density at radius 2 is 1.34 bits per heavy atom. The Kier molecular flexibility index (Phi) is 13.0. The van der Waals surface area contributed by atoms with Crippen molar-refractivity contribution < 1.29 is 22.8 Å². The molecule has 4 aromatic rings. The maximum absolute atomic E-state index is 14.5. The molecule has 0 radical (unpaired) electrons. The van der Waals surface area contributed by atoms with Gasteiger partial charge in [0.2, 0.25) is 11.8 Å². The van der Waals surface area contributed by atoms with Gasteiger partial charge in [-0.25, -0.2) is 0 Å². The highest BCUT2D eigenvalue weighted by molar-refractivity contribution is 5.95. The third-order valence-corrected chi connectivity index (χ3v) is 9.25. The number of halogens is 3. The quantitative estimate of drug-likeness (QED) is 0.0992. The number of carbonyl (C=O) groups excluding carboxylic acids is 2. The first-order valence-corrected chi connectivity index (χ1v) is 17.5. The second-order valence-corrected chi connectivity index (χ2v) is 13.0. The number of alkyl halides is 3. The fourth-order valence-corrected chi connectivity index (χ4v) is 6.32. The highest BCUT2D eigenvalue weighted by atomic mass is 19.4. The van der Waals surface area contributed by atoms with E-state index < -0.39 is 17.8 Å². The molecule has 1 aliphatic heterocycles. The third-order valence-electron chi connectivity index (χ3n) is 9.25. The Bertz CT molecular complexity index is 1670. The molecule has 4 aromatic carbocycles. The van der Waals surface area contributed by atoms with Crippen molar-refractivity contribution in [3.8, 4) is 0 Å². The Morgan fingerprint density at radius 1 is 0.740 bits per heavy atom. The summed E-state index contributed by atoms with van der Waals surface area (Å²) in [6.45, 7) is 5.74. The van der Waals surface area contributed by atoms with Gasteiger partial charge in [0.15, 0.2) is 0 Å². The zero-order valence-electron chi connectivity index (χ0n) is 28.7. The number of unbranched alkanes of at least 4 members (excludes halogenated alkanes) is 2. The fraction of sp³-hybridized carbons (Fsp3) is 0.333. The summed E-state index contributed by atoms with van der Waals surface area (Å²) in [6.07, 6.45) is 3.17. The first-order chi connectivity index (χ1) is 24.2. The number of aryl methyl sites for hydroxylation is 1. The van der Waals surface area contributed by atoms with E-state index in [4.69, 9.17) is 0 Å². The molecule has 0 aromatic heterocycles. The SMILES string of the molecule is CCCCCc1ccc(CN(C(=O)C=Cc2ccc(C(F)(F)F)cc2)C(Cc2ccccc2)C(=O)N2CCN(Cc3ccccc3)CC2)cc1. The molecule has 1 saturated heterocycles. The molecule has 0 spiro atoms. The Morgan fingerprint density at radius 3 is 1.94 bits per heavy atom. The van der Waals surface area contributed by atoms with Crippen molar-refractivity contribution in [1.82, 2.24) is 14.7 Å². The van der Waals surface area contributed by atoms with Crippen molar-refractivity contribution >= 4 is 17.9 Å². The molecule has 50 heavy (non-hydrogen) atoms. The minimum absolute atomic E-state index is 0.110. The van der Waals surface area contributed by atoms with Crippen molar-refractivity contribution in [3.05, 3.63) is 149 Å². The first-order valence-electron chi connectivity index (χ1n) is 17.5. The van der Waals surface area contributed by atoms with Gasteiger partial charge < -0.3 is 9.80 Å². The second kappa shape index (κ2) is 17.8. The van der Waals surface area contributed by atoms with Crippen LogP contribution in [0.25, 0.3) is 6.08 Å². The van der Waals surface area contributed by atoms with Crippen molar-refractivity contribution in [2.45, 2.75) is 64.3 Å². The van der Waals surface area contributed by atoms with E-state index in [0.29, 0.717) is 25.1 Å². The van der Waals surface area contributed by atoms with Crippen LogP contribution in [0.15, 0.2) is 115 Å². The Labute approximate surface area is 294 Å². The van der Waals surface area contributed by atoms with Gasteiger partial charge >= 0.3 is 6.18 Å². The van der Waals surface area contributed by atoms with Crippen LogP contribution in [0.5, 0.6) is 0 Å². The second-order valence-electron chi connectivity index (χ2n) is 13.0. The number of hydrogen-bond donors (Lipinski definition) is 0. The summed E-state index contributed by atoms with van der Waals surface area (Å²) in [5, 5.41) is 0. The molecule has 0 aliphatic carbocycles. The van der Waals surface area contributed by atoms with Crippen LogP contribution in [0.2, 0.25) is 0 Å². The standard InChI is InChI=1S/C42H46F3N3O2/c1-2-3-6-11-33-16-18-37(19-17-33)32-48(40(49)25-22-34-20-23-38(24-21-34)42(43,44)45)39(30-35-12-7-4-8-13-35)41(50)47-28-26-46(27-29-47)31-36-14-9-5-10-15-36/h4-5,7-10,12-25,39H,2-3,6,11,26-32H2,1H3. The van der Waals surface area contributed by atoms with E-state index in [1.165, 1.54) is 41.8 Å². The molecule has 2 amide bonds. The molecule has 5 rings (SSSR count). The Hall–Kier alpha value is -4.69. The summed E-state index contributed by atoms with van der Waals surface area (Å²) >= 11 is 0. The van der Waals surface area contributed by atoms with Gasteiger partial charge in [-0.15, -0.1) is 0 Å². The number of amides is 2. The van der Waals surface area contributed by atoms with Crippen LogP contribution in [-0.2, 0) is 41.7 Å². The third kappa shape index (κ3) is 10.7. The lowest BCUT2D eigenvalue weighted by molar-refractivity contribution is -0.145. The summed E-state index contributed by atoms with van der Waals surface area (Å²) in [4.78, 5) is 34.5. The van der Waals surface area contributed by atoms with Gasteiger partial charge in [0.1, 0.15) is 6.04 Å². The van der Waals surface area contributed by atoms with Crippen LogP contribution in [0.3, 0.4) is 0 Å². The zero-order valence-corrected chi connectivity index (χ0v) is 28.7. The molecule has 1 fully saturated rings. The lowest BCUT2D eigenvalue weighted by Crippen LogP contribution is -2.56. The van der Waals surface area contributed by atoms with Crippen LogP contribution >= 0.6 is 0 Å². The van der Waals surface area contributed by atoms with Crippen LogP contribution in [0, 0.1) is 0 Å². The van der Waals surface area contributed by atoms with Gasteiger partial charge in [-0.2, -0.15) is 13.2 Å². The van der Waals surface area contributed by atoms with E-state index in [-0.39, 0.29) is 18.4 Å². The lowest BCUT2D eigenvalue weighted by atomic mass is 10.0. The number of rotatable bonds is 14.